The third kappa shape index (κ3) is 4.24. The average molecular weight is 365 g/mol. The molecule has 1 saturated heterocycles. The number of rotatable bonds is 5. The Kier molecular flexibility index (Phi) is 6.42. The van der Waals surface area contributed by atoms with E-state index in [1.54, 1.807) is 0 Å². The third-order valence-electron chi connectivity index (χ3n) is 4.95. The number of likely N-dealkylation sites (N-methyl/N-ethyl adjacent to an activating group) is 2. The molecule has 1 aliphatic carbocycles. The van der Waals surface area contributed by atoms with Crippen molar-refractivity contribution < 1.29 is 0 Å². The minimum absolute atomic E-state index is 0.384. The fourth-order valence-electron chi connectivity index (χ4n) is 3.72. The molecule has 2 fully saturated rings. The molecule has 24 heavy (non-hydrogen) atoms. The Balaban J connectivity index is 1.39. The first-order chi connectivity index (χ1) is 11.7. The van der Waals surface area contributed by atoms with Gasteiger partial charge in [0.1, 0.15) is 8.37 Å². The molecule has 0 radical (unpaired) electrons. The summed E-state index contributed by atoms with van der Waals surface area (Å²) in [6.45, 7) is 1.74. The molecule has 0 unspecified atom stereocenters. The van der Waals surface area contributed by atoms with Gasteiger partial charge >= 0.3 is 0 Å². The van der Waals surface area contributed by atoms with Crippen LogP contribution in [-0.2, 0) is 0 Å². The maximum Gasteiger partial charge on any atom is 0.170 e. The lowest BCUT2D eigenvalue weighted by atomic mass is 9.91. The van der Waals surface area contributed by atoms with Gasteiger partial charge in [-0.05, 0) is 51.3 Å². The molecule has 7 heteroatoms. The summed E-state index contributed by atoms with van der Waals surface area (Å²) in [6.07, 6.45) is 5.44. The summed E-state index contributed by atoms with van der Waals surface area (Å²) in [5, 5.41) is 10.9. The lowest BCUT2D eigenvalue weighted by Gasteiger charge is -2.29. The van der Waals surface area contributed by atoms with Crippen LogP contribution in [0.15, 0.2) is 30.3 Å². The number of nitrogens with one attached hydrogen (secondary N) is 3. The van der Waals surface area contributed by atoms with Crippen LogP contribution in [-0.4, -0.2) is 53.7 Å². The van der Waals surface area contributed by atoms with Gasteiger partial charge in [0.15, 0.2) is 5.11 Å². The van der Waals surface area contributed by atoms with Gasteiger partial charge in [0.2, 0.25) is 0 Å². The summed E-state index contributed by atoms with van der Waals surface area (Å²) in [5.41, 5.74) is 1.02. The molecular weight excluding hydrogens is 337 g/mol. The van der Waals surface area contributed by atoms with Crippen LogP contribution in [0.2, 0.25) is 0 Å². The molecular formula is C17H28N5PS. The molecule has 3 rings (SSSR count). The summed E-state index contributed by atoms with van der Waals surface area (Å²) in [5.74, 6) is 0. The van der Waals surface area contributed by atoms with Crippen LogP contribution in [0, 0.1) is 0 Å². The van der Waals surface area contributed by atoms with Crippen molar-refractivity contribution >= 4 is 31.4 Å². The standard InChI is InChI=1S/C17H28N5PS/c1-21-15-10-6-7-11-16(15)22(2)23(21)19-13-12-18-17(24)20-14-8-4-3-5-9-14/h3-5,8-9,15-16,19H,6-7,10-13H2,1-2H3,(H2,18,20,24)/t15-,16-/m1/s1. The number of anilines is 1. The highest BCUT2D eigenvalue weighted by atomic mass is 32.1. The van der Waals surface area contributed by atoms with Crippen molar-refractivity contribution in [1.29, 1.82) is 0 Å². The van der Waals surface area contributed by atoms with Crippen molar-refractivity contribution in [3.8, 4) is 0 Å². The molecule has 132 valence electrons. The first kappa shape index (κ1) is 18.0. The Bertz CT molecular complexity index is 525. The molecule has 3 N–H and O–H groups in total. The molecule has 1 saturated carbocycles. The van der Waals surface area contributed by atoms with Crippen molar-refractivity contribution in [2.24, 2.45) is 0 Å². The van der Waals surface area contributed by atoms with E-state index in [1.165, 1.54) is 25.7 Å². The molecule has 2 aliphatic rings. The van der Waals surface area contributed by atoms with Crippen LogP contribution in [0.3, 0.4) is 0 Å². The average Bonchev–Trinajstić information content (AvgIpc) is 2.84. The second-order valence-corrected chi connectivity index (χ2v) is 9.08. The minimum atomic E-state index is -0.384. The number of fused-ring (bicyclic) bond motifs is 1. The molecule has 0 aromatic heterocycles. The maximum atomic E-state index is 5.35. The smallest absolute Gasteiger partial charge is 0.170 e. The zero-order valence-electron chi connectivity index (χ0n) is 14.5. The quantitative estimate of drug-likeness (QED) is 0.424. The Morgan fingerprint density at radius 3 is 2.33 bits per heavy atom. The summed E-state index contributed by atoms with van der Waals surface area (Å²) in [4.78, 5) is 0. The fourth-order valence-corrected chi connectivity index (χ4v) is 6.24. The van der Waals surface area contributed by atoms with Gasteiger partial charge in [-0.1, -0.05) is 31.0 Å². The van der Waals surface area contributed by atoms with Gasteiger partial charge in [0, 0.05) is 30.9 Å². The molecule has 1 aromatic carbocycles. The van der Waals surface area contributed by atoms with E-state index in [-0.39, 0.29) is 8.37 Å². The first-order valence-electron chi connectivity index (χ1n) is 8.76. The first-order valence-corrected chi connectivity index (χ1v) is 10.4. The van der Waals surface area contributed by atoms with Gasteiger partial charge in [0.05, 0.1) is 0 Å². The predicted molar refractivity (Wildman–Crippen MR) is 107 cm³/mol. The summed E-state index contributed by atoms with van der Waals surface area (Å²) in [6, 6.07) is 11.5. The molecule has 0 amide bonds. The second kappa shape index (κ2) is 8.54. The Morgan fingerprint density at radius 2 is 1.71 bits per heavy atom. The SMILES string of the molecule is CN1[C@@H]2CCCC[C@H]2N(C)P1NCCNC(=S)Nc1ccccc1. The van der Waals surface area contributed by atoms with Crippen LogP contribution >= 0.6 is 20.6 Å². The van der Waals surface area contributed by atoms with E-state index in [1.807, 2.05) is 30.3 Å². The lowest BCUT2D eigenvalue weighted by Crippen LogP contribution is -2.37. The van der Waals surface area contributed by atoms with Crippen molar-refractivity contribution in [1.82, 2.24) is 19.7 Å². The van der Waals surface area contributed by atoms with E-state index in [9.17, 15) is 0 Å². The van der Waals surface area contributed by atoms with Crippen molar-refractivity contribution in [2.45, 2.75) is 37.8 Å². The van der Waals surface area contributed by atoms with E-state index in [0.29, 0.717) is 5.11 Å². The van der Waals surface area contributed by atoms with Gasteiger partial charge in [-0.2, -0.15) is 0 Å². The largest absolute Gasteiger partial charge is 0.361 e. The van der Waals surface area contributed by atoms with E-state index in [2.05, 4.69) is 39.2 Å². The summed E-state index contributed by atoms with van der Waals surface area (Å²) < 4.78 is 5.14. The Morgan fingerprint density at radius 1 is 1.08 bits per heavy atom. The number of nitrogens with zero attached hydrogens (tertiary/aromatic N) is 2. The number of hydrogen-bond donors (Lipinski definition) is 3. The van der Waals surface area contributed by atoms with Crippen LogP contribution < -0.4 is 15.7 Å². The van der Waals surface area contributed by atoms with Crippen LogP contribution in [0.5, 0.6) is 0 Å². The highest BCUT2D eigenvalue weighted by Gasteiger charge is 2.44. The lowest BCUT2D eigenvalue weighted by molar-refractivity contribution is 0.233. The van der Waals surface area contributed by atoms with Crippen molar-refractivity contribution in [2.75, 3.05) is 32.5 Å². The number of hydrogen-bond acceptors (Lipinski definition) is 4. The van der Waals surface area contributed by atoms with Crippen LogP contribution in [0.25, 0.3) is 0 Å². The van der Waals surface area contributed by atoms with Crippen molar-refractivity contribution in [3.05, 3.63) is 30.3 Å². The Labute approximate surface area is 152 Å². The molecule has 1 heterocycles. The topological polar surface area (TPSA) is 42.6 Å². The highest BCUT2D eigenvalue weighted by molar-refractivity contribution is 7.80. The fraction of sp³-hybridized carbons (Fsp3) is 0.588. The molecule has 1 aliphatic heterocycles. The number of benzene rings is 1. The van der Waals surface area contributed by atoms with Gasteiger partial charge in [-0.15, -0.1) is 0 Å². The number of thiocarbonyl (C=S) groups is 1. The van der Waals surface area contributed by atoms with Crippen LogP contribution in [0.4, 0.5) is 5.69 Å². The predicted octanol–water partition coefficient (Wildman–Crippen LogP) is 2.98. The maximum absolute atomic E-state index is 5.35. The van der Waals surface area contributed by atoms with E-state index < -0.39 is 0 Å². The summed E-state index contributed by atoms with van der Waals surface area (Å²) >= 11 is 5.35. The normalized spacial score (nSPS) is 25.4. The van der Waals surface area contributed by atoms with E-state index >= 15 is 0 Å². The minimum Gasteiger partial charge on any atom is -0.361 e. The second-order valence-electron chi connectivity index (χ2n) is 6.51. The van der Waals surface area contributed by atoms with Gasteiger partial charge in [0.25, 0.3) is 0 Å². The Hall–Kier alpha value is -0.780. The van der Waals surface area contributed by atoms with Gasteiger partial charge in [-0.25, -0.2) is 0 Å². The van der Waals surface area contributed by atoms with E-state index in [4.69, 9.17) is 12.2 Å². The number of para-hydroxylation sites is 1. The zero-order valence-corrected chi connectivity index (χ0v) is 16.2. The van der Waals surface area contributed by atoms with Crippen LogP contribution in [0.1, 0.15) is 25.7 Å². The molecule has 0 bridgehead atoms. The zero-order chi connectivity index (χ0) is 16.9. The summed E-state index contributed by atoms with van der Waals surface area (Å²) in [7, 11) is 4.17. The van der Waals surface area contributed by atoms with Gasteiger partial charge < -0.3 is 10.6 Å². The molecule has 0 spiro atoms. The molecule has 5 nitrogen and oxygen atoms in total. The highest BCUT2D eigenvalue weighted by Crippen LogP contribution is 2.52. The molecule has 1 aromatic rings. The monoisotopic (exact) mass is 365 g/mol. The molecule has 2 atom stereocenters. The van der Waals surface area contributed by atoms with Crippen molar-refractivity contribution in [3.63, 3.8) is 0 Å². The van der Waals surface area contributed by atoms with E-state index in [0.717, 1.165) is 30.9 Å². The van der Waals surface area contributed by atoms with Gasteiger partial charge in [-0.3, -0.25) is 14.4 Å². The third-order valence-corrected chi connectivity index (χ3v) is 7.49.